The molecule has 0 fully saturated rings. The molecule has 4 nitrogen and oxygen atoms in total. The maximum Gasteiger partial charge on any atom is 0.130 e. The van der Waals surface area contributed by atoms with Crippen LogP contribution in [0.1, 0.15) is 48.7 Å². The molecule has 0 amide bonds. The van der Waals surface area contributed by atoms with E-state index in [0.29, 0.717) is 0 Å². The molecule has 4 aromatic heterocycles. The van der Waals surface area contributed by atoms with E-state index in [-0.39, 0.29) is 25.5 Å². The maximum absolute atomic E-state index is 6.46. The summed E-state index contributed by atoms with van der Waals surface area (Å²) in [5, 5.41) is 4.40. The van der Waals surface area contributed by atoms with Crippen molar-refractivity contribution < 1.29 is 24.5 Å². The van der Waals surface area contributed by atoms with Gasteiger partial charge in [0, 0.05) is 55.2 Å². The minimum atomic E-state index is 0. The molecule has 45 heavy (non-hydrogen) atoms. The van der Waals surface area contributed by atoms with Crippen molar-refractivity contribution in [3.05, 3.63) is 125 Å². The van der Waals surface area contributed by atoms with Gasteiger partial charge in [-0.15, -0.1) is 53.6 Å². The summed E-state index contributed by atoms with van der Waals surface area (Å²) in [6.07, 6.45) is 6.64. The van der Waals surface area contributed by atoms with Gasteiger partial charge in [-0.05, 0) is 67.1 Å². The Bertz CT molecular complexity index is 2120. The Morgan fingerprint density at radius 3 is 2.24 bits per heavy atom. The van der Waals surface area contributed by atoms with Crippen LogP contribution in [0, 0.1) is 45.2 Å². The number of benzene rings is 3. The topological polar surface area (TPSA) is 51.8 Å². The molecule has 7 rings (SSSR count). The summed E-state index contributed by atoms with van der Waals surface area (Å²) >= 11 is 0. The Morgan fingerprint density at radius 2 is 1.51 bits per heavy atom. The van der Waals surface area contributed by atoms with E-state index in [1.807, 2.05) is 43.7 Å². The van der Waals surface area contributed by atoms with Gasteiger partial charge in [-0.25, -0.2) is 0 Å². The van der Waals surface area contributed by atoms with Crippen LogP contribution in [-0.4, -0.2) is 15.0 Å². The van der Waals surface area contributed by atoms with Crippen LogP contribution in [0.3, 0.4) is 0 Å². The van der Waals surface area contributed by atoms with Crippen molar-refractivity contribution in [2.24, 2.45) is 5.41 Å². The molecule has 4 heterocycles. The SMILES string of the molecule is Cc1c[c-]c(-c2cc(C)c(C)cn2)cc1.Cc1nccc2ccc3c4cc[c-]c(-c5cc(CC(C)(C)C)ccn5)c4oc3c12.[Ir]. The van der Waals surface area contributed by atoms with Crippen LogP contribution in [0.15, 0.2) is 89.7 Å². The van der Waals surface area contributed by atoms with Gasteiger partial charge in [0.05, 0.1) is 5.58 Å². The molecule has 1 radical (unpaired) electrons. The molecule has 5 heteroatoms. The fourth-order valence-corrected chi connectivity index (χ4v) is 5.58. The summed E-state index contributed by atoms with van der Waals surface area (Å²) in [5.41, 5.74) is 11.8. The third-order valence-corrected chi connectivity index (χ3v) is 7.95. The minimum Gasteiger partial charge on any atom is -0.500 e. The van der Waals surface area contributed by atoms with Crippen molar-refractivity contribution in [3.63, 3.8) is 0 Å². The third kappa shape index (κ3) is 6.91. The molecule has 0 unspecified atom stereocenters. The summed E-state index contributed by atoms with van der Waals surface area (Å²) in [5.74, 6) is 0. The van der Waals surface area contributed by atoms with Crippen molar-refractivity contribution in [1.29, 1.82) is 0 Å². The van der Waals surface area contributed by atoms with Crippen LogP contribution in [-0.2, 0) is 26.5 Å². The first-order valence-electron chi connectivity index (χ1n) is 15.1. The average molecular weight is 768 g/mol. The number of hydrogen-bond acceptors (Lipinski definition) is 4. The summed E-state index contributed by atoms with van der Waals surface area (Å²) in [4.78, 5) is 13.5. The molecule has 0 saturated carbocycles. The Hall–Kier alpha value is -4.18. The number of furan rings is 1. The van der Waals surface area contributed by atoms with Crippen molar-refractivity contribution in [1.82, 2.24) is 15.0 Å². The average Bonchev–Trinajstić information content (AvgIpc) is 3.38. The van der Waals surface area contributed by atoms with Crippen LogP contribution in [0.25, 0.3) is 55.2 Å². The Morgan fingerprint density at radius 1 is 0.733 bits per heavy atom. The molecule has 0 aliphatic carbocycles. The smallest absolute Gasteiger partial charge is 0.130 e. The predicted molar refractivity (Wildman–Crippen MR) is 182 cm³/mol. The van der Waals surface area contributed by atoms with Crippen molar-refractivity contribution in [2.75, 3.05) is 0 Å². The molecule has 0 aliphatic rings. The van der Waals surface area contributed by atoms with Crippen molar-refractivity contribution in [3.8, 4) is 22.5 Å². The molecule has 0 spiro atoms. The Labute approximate surface area is 279 Å². The fraction of sp³-hybridized carbons (Fsp3) is 0.225. The van der Waals surface area contributed by atoms with E-state index in [4.69, 9.17) is 4.42 Å². The maximum atomic E-state index is 6.46. The summed E-state index contributed by atoms with van der Waals surface area (Å²) < 4.78 is 6.46. The molecule has 0 N–H and O–H groups in total. The molecule has 0 atom stereocenters. The second kappa shape index (κ2) is 13.0. The number of aromatic nitrogens is 3. The zero-order chi connectivity index (χ0) is 31.0. The first-order chi connectivity index (χ1) is 21.1. The zero-order valence-corrected chi connectivity index (χ0v) is 29.3. The fourth-order valence-electron chi connectivity index (χ4n) is 5.58. The van der Waals surface area contributed by atoms with E-state index in [1.165, 1.54) is 22.3 Å². The largest absolute Gasteiger partial charge is 0.500 e. The van der Waals surface area contributed by atoms with Crippen LogP contribution in [0.5, 0.6) is 0 Å². The molecular weight excluding hydrogens is 731 g/mol. The van der Waals surface area contributed by atoms with E-state index < -0.39 is 0 Å². The molecule has 0 saturated heterocycles. The van der Waals surface area contributed by atoms with E-state index in [1.54, 1.807) is 0 Å². The Balaban J connectivity index is 0.000000212. The van der Waals surface area contributed by atoms with Gasteiger partial charge in [-0.2, -0.15) is 0 Å². The minimum absolute atomic E-state index is 0. The van der Waals surface area contributed by atoms with Gasteiger partial charge in [-0.1, -0.05) is 74.0 Å². The van der Waals surface area contributed by atoms with E-state index in [2.05, 4.69) is 117 Å². The van der Waals surface area contributed by atoms with Crippen molar-refractivity contribution >= 4 is 32.7 Å². The first kappa shape index (κ1) is 32.2. The number of fused-ring (bicyclic) bond motifs is 5. The standard InChI is InChI=1S/C26H23N2O.C14H14N.Ir/c1-16-23-18(11-13-27-16)8-9-20-19-6-5-7-21(24(19)29-25(20)23)22-14-17(10-12-28-22)15-26(2,3)4;1-10-4-6-13(7-5-10)14-8-11(2)12(3)9-15-14;/h5-6,8-14H,15H2,1-4H3;4-6,8-9H,1-3H3;/q2*-1;. The van der Waals surface area contributed by atoms with Gasteiger partial charge in [-0.3, -0.25) is 4.98 Å². The van der Waals surface area contributed by atoms with Crippen LogP contribution in [0.4, 0.5) is 0 Å². The molecule has 0 bridgehead atoms. The van der Waals surface area contributed by atoms with Gasteiger partial charge in [0.2, 0.25) is 0 Å². The van der Waals surface area contributed by atoms with Gasteiger partial charge >= 0.3 is 0 Å². The summed E-state index contributed by atoms with van der Waals surface area (Å²) in [6, 6.07) is 29.4. The Kier molecular flexibility index (Phi) is 9.34. The molecule has 229 valence electrons. The van der Waals surface area contributed by atoms with E-state index >= 15 is 0 Å². The van der Waals surface area contributed by atoms with Crippen molar-refractivity contribution in [2.45, 2.75) is 54.9 Å². The third-order valence-electron chi connectivity index (χ3n) is 7.95. The van der Waals surface area contributed by atoms with E-state index in [9.17, 15) is 0 Å². The number of hydrogen-bond donors (Lipinski definition) is 0. The predicted octanol–water partition coefficient (Wildman–Crippen LogP) is 10.4. The van der Waals surface area contributed by atoms with Gasteiger partial charge in [0.1, 0.15) is 5.58 Å². The summed E-state index contributed by atoms with van der Waals surface area (Å²) in [6.45, 7) is 15.0. The number of rotatable bonds is 3. The molecule has 7 aromatic rings. The second-order valence-corrected chi connectivity index (χ2v) is 12.9. The van der Waals surface area contributed by atoms with Gasteiger partial charge < -0.3 is 14.4 Å². The van der Waals surface area contributed by atoms with Crippen LogP contribution < -0.4 is 0 Å². The van der Waals surface area contributed by atoms with Crippen LogP contribution >= 0.6 is 0 Å². The van der Waals surface area contributed by atoms with Crippen LogP contribution in [0.2, 0.25) is 0 Å². The van der Waals surface area contributed by atoms with Gasteiger partial charge in [0.15, 0.2) is 0 Å². The summed E-state index contributed by atoms with van der Waals surface area (Å²) in [7, 11) is 0. The normalized spacial score (nSPS) is 11.4. The molecule has 0 aliphatic heterocycles. The zero-order valence-electron chi connectivity index (χ0n) is 26.9. The first-order valence-corrected chi connectivity index (χ1v) is 15.1. The molecule has 3 aromatic carbocycles. The number of nitrogens with zero attached hydrogens (tertiary/aromatic N) is 3. The second-order valence-electron chi connectivity index (χ2n) is 12.9. The number of pyridine rings is 3. The van der Waals surface area contributed by atoms with E-state index in [0.717, 1.165) is 67.3 Å². The molecular formula is C40H37IrN3O-2. The van der Waals surface area contributed by atoms with Gasteiger partial charge in [0.25, 0.3) is 0 Å². The number of aryl methyl sites for hydroxylation is 4. The monoisotopic (exact) mass is 768 g/mol. The quantitative estimate of drug-likeness (QED) is 0.168.